The number of anilines is 1. The lowest BCUT2D eigenvalue weighted by Gasteiger charge is -2.31. The molecule has 1 fully saturated rings. The number of hydrogen-bond donors (Lipinski definition) is 1. The molecule has 0 saturated carbocycles. The van der Waals surface area contributed by atoms with Gasteiger partial charge in [-0.25, -0.2) is 15.0 Å². The number of aryl methyl sites for hydroxylation is 1. The Kier molecular flexibility index (Phi) is 7.81. The maximum atomic E-state index is 14.0. The van der Waals surface area contributed by atoms with Crippen molar-refractivity contribution in [1.29, 1.82) is 0 Å². The molecule has 2 aromatic heterocycles. The number of ether oxygens (including phenoxy) is 1. The van der Waals surface area contributed by atoms with Gasteiger partial charge in [-0.1, -0.05) is 12.1 Å². The summed E-state index contributed by atoms with van der Waals surface area (Å²) in [5.74, 6) is 0.796. The van der Waals surface area contributed by atoms with Crippen LogP contribution < -0.4 is 10.8 Å². The second-order valence-electron chi connectivity index (χ2n) is 9.60. The monoisotopic (exact) mass is 549 g/mol. The number of benzene rings is 1. The van der Waals surface area contributed by atoms with Gasteiger partial charge < -0.3 is 19.5 Å². The van der Waals surface area contributed by atoms with E-state index >= 15 is 0 Å². The fourth-order valence-electron chi connectivity index (χ4n) is 4.89. The van der Waals surface area contributed by atoms with Crippen LogP contribution in [0.15, 0.2) is 24.3 Å². The number of nitrogens with zero attached hydrogens (tertiary/aromatic N) is 4. The van der Waals surface area contributed by atoms with Crippen molar-refractivity contribution in [2.75, 3.05) is 37.8 Å². The molecule has 3 heterocycles. The van der Waals surface area contributed by atoms with E-state index in [4.69, 9.17) is 9.72 Å². The lowest BCUT2D eigenvalue weighted by atomic mass is 9.97. The zero-order valence-electron chi connectivity index (χ0n) is 22.0. The van der Waals surface area contributed by atoms with Gasteiger partial charge in [0.2, 0.25) is 5.91 Å². The van der Waals surface area contributed by atoms with Crippen LogP contribution in [0.3, 0.4) is 0 Å². The molecule has 3 aromatic rings. The molecule has 12 heteroatoms. The van der Waals surface area contributed by atoms with Crippen molar-refractivity contribution in [3.63, 3.8) is 0 Å². The molecule has 204 valence electrons. The molecule has 0 bridgehead atoms. The van der Waals surface area contributed by atoms with Crippen LogP contribution in [-0.2, 0) is 26.9 Å². The molecule has 1 amide bonds. The predicted molar refractivity (Wildman–Crippen MR) is 140 cm³/mol. The van der Waals surface area contributed by atoms with Crippen molar-refractivity contribution in [2.24, 2.45) is 0 Å². The first-order valence-electron chi connectivity index (χ1n) is 12.3. The van der Waals surface area contributed by atoms with Crippen LogP contribution >= 0.6 is 7.14 Å². The van der Waals surface area contributed by atoms with Gasteiger partial charge in [-0.2, -0.15) is 13.2 Å². The zero-order valence-corrected chi connectivity index (χ0v) is 22.9. The van der Waals surface area contributed by atoms with Crippen LogP contribution in [0.1, 0.15) is 48.1 Å². The van der Waals surface area contributed by atoms with E-state index in [2.05, 4.69) is 15.3 Å². The number of rotatable bonds is 6. The number of halogens is 3. The molecule has 0 radical (unpaired) electrons. The van der Waals surface area contributed by atoms with Gasteiger partial charge in [0.25, 0.3) is 0 Å². The van der Waals surface area contributed by atoms with E-state index in [1.807, 2.05) is 0 Å². The maximum Gasteiger partial charge on any atom is 0.416 e. The van der Waals surface area contributed by atoms with Gasteiger partial charge in [0.1, 0.15) is 29.7 Å². The fraction of sp³-hybridized carbons (Fsp3) is 0.462. The van der Waals surface area contributed by atoms with Crippen LogP contribution in [0.5, 0.6) is 0 Å². The van der Waals surface area contributed by atoms with Gasteiger partial charge in [-0.15, -0.1) is 0 Å². The Labute approximate surface area is 219 Å². The molecule has 0 aliphatic carbocycles. The molecule has 1 aromatic carbocycles. The van der Waals surface area contributed by atoms with Gasteiger partial charge in [-0.3, -0.25) is 4.79 Å². The van der Waals surface area contributed by atoms with Crippen molar-refractivity contribution < 1.29 is 27.3 Å². The van der Waals surface area contributed by atoms with E-state index in [1.54, 1.807) is 30.9 Å². The SMILES string of the molecule is COCc1nc(P2(=O)CCN(C(C)=O)CC2)cc2c(N[C@H](C)c3cccc(C(F)(F)F)c3C)nc(C)nc12. The van der Waals surface area contributed by atoms with Crippen LogP contribution in [0, 0.1) is 13.8 Å². The summed E-state index contributed by atoms with van der Waals surface area (Å²) in [6, 6.07) is 5.31. The van der Waals surface area contributed by atoms with Gasteiger partial charge in [-0.05, 0) is 44.0 Å². The quantitative estimate of drug-likeness (QED) is 0.440. The summed E-state index contributed by atoms with van der Waals surface area (Å²) < 4.78 is 59.9. The third kappa shape index (κ3) is 5.54. The Morgan fingerprint density at radius 1 is 1.18 bits per heavy atom. The van der Waals surface area contributed by atoms with E-state index < -0.39 is 24.9 Å². The average molecular weight is 550 g/mol. The van der Waals surface area contributed by atoms with E-state index in [0.29, 0.717) is 64.7 Å². The first-order valence-corrected chi connectivity index (χ1v) is 14.4. The molecule has 38 heavy (non-hydrogen) atoms. The van der Waals surface area contributed by atoms with E-state index in [-0.39, 0.29) is 18.1 Å². The zero-order chi connectivity index (χ0) is 27.8. The number of amides is 1. The average Bonchev–Trinajstić information content (AvgIpc) is 2.84. The van der Waals surface area contributed by atoms with Crippen LogP contribution in [-0.4, -0.2) is 58.3 Å². The van der Waals surface area contributed by atoms with Gasteiger partial charge >= 0.3 is 6.18 Å². The molecule has 8 nitrogen and oxygen atoms in total. The molecule has 1 atom stereocenters. The number of methoxy groups -OCH3 is 1. The van der Waals surface area contributed by atoms with Gasteiger partial charge in [0, 0.05) is 44.8 Å². The fourth-order valence-corrected chi connectivity index (χ4v) is 7.37. The number of hydrogen-bond acceptors (Lipinski definition) is 7. The Bertz CT molecular complexity index is 1420. The maximum absolute atomic E-state index is 14.0. The summed E-state index contributed by atoms with van der Waals surface area (Å²) in [4.78, 5) is 27.3. The molecular weight excluding hydrogens is 518 g/mol. The number of nitrogens with one attached hydrogen (secondary N) is 1. The highest BCUT2D eigenvalue weighted by molar-refractivity contribution is 7.71. The minimum Gasteiger partial charge on any atom is -0.378 e. The second-order valence-corrected chi connectivity index (χ2v) is 12.7. The highest BCUT2D eigenvalue weighted by Crippen LogP contribution is 2.46. The molecule has 1 N–H and O–H groups in total. The number of fused-ring (bicyclic) bond motifs is 1. The molecule has 1 aliphatic rings. The Morgan fingerprint density at radius 2 is 1.87 bits per heavy atom. The summed E-state index contributed by atoms with van der Waals surface area (Å²) in [5, 5.41) is 3.83. The molecule has 1 saturated heterocycles. The van der Waals surface area contributed by atoms with Crippen molar-refractivity contribution in [2.45, 2.75) is 46.5 Å². The summed E-state index contributed by atoms with van der Waals surface area (Å²) in [6.07, 6.45) is -3.84. The molecule has 0 spiro atoms. The third-order valence-electron chi connectivity index (χ3n) is 6.96. The summed E-state index contributed by atoms with van der Waals surface area (Å²) >= 11 is 0. The van der Waals surface area contributed by atoms with Gasteiger partial charge in [0.05, 0.1) is 23.9 Å². The molecule has 4 rings (SSSR count). The first-order chi connectivity index (χ1) is 17.8. The third-order valence-corrected chi connectivity index (χ3v) is 9.87. The molecule has 0 unspecified atom stereocenters. The largest absolute Gasteiger partial charge is 0.416 e. The standard InChI is InChI=1S/C26H31F3N5O3P/c1-15-19(7-6-8-21(15)26(27,28)29)16(2)30-25-20-13-23(38(36)11-9-34(10-12-38)18(4)35)33-22(14-37-5)24(20)31-17(3)32-25/h6-8,13,16H,9-12,14H2,1-5H3,(H,30,31,32)/t16-/m1/s1. The first kappa shape index (κ1) is 28.0. The summed E-state index contributed by atoms with van der Waals surface area (Å²) in [7, 11) is -1.40. The second kappa shape index (κ2) is 10.6. The van der Waals surface area contributed by atoms with Crippen molar-refractivity contribution >= 4 is 35.2 Å². The normalized spacial score (nSPS) is 16.5. The van der Waals surface area contributed by atoms with E-state index in [1.165, 1.54) is 27.0 Å². The number of carbonyl (C=O) groups excluding carboxylic acids is 1. The van der Waals surface area contributed by atoms with Crippen molar-refractivity contribution in [3.05, 3.63) is 52.5 Å². The number of carbonyl (C=O) groups is 1. The summed E-state index contributed by atoms with van der Waals surface area (Å²) in [6.45, 7) is 7.32. The smallest absolute Gasteiger partial charge is 0.378 e. The number of pyridine rings is 1. The van der Waals surface area contributed by atoms with Crippen molar-refractivity contribution in [3.8, 4) is 0 Å². The minimum absolute atomic E-state index is 0.0583. The molecule has 1 aliphatic heterocycles. The number of alkyl halides is 3. The van der Waals surface area contributed by atoms with Crippen LogP contribution in [0.2, 0.25) is 0 Å². The highest BCUT2D eigenvalue weighted by Gasteiger charge is 2.35. The Balaban J connectivity index is 1.79. The lowest BCUT2D eigenvalue weighted by Crippen LogP contribution is -2.40. The van der Waals surface area contributed by atoms with Gasteiger partial charge in [0.15, 0.2) is 0 Å². The topological polar surface area (TPSA) is 97.3 Å². The van der Waals surface area contributed by atoms with Crippen LogP contribution in [0.25, 0.3) is 10.9 Å². The predicted octanol–water partition coefficient (Wildman–Crippen LogP) is 4.83. The van der Waals surface area contributed by atoms with Crippen molar-refractivity contribution in [1.82, 2.24) is 19.9 Å². The van der Waals surface area contributed by atoms with E-state index in [0.717, 1.165) is 6.07 Å². The van der Waals surface area contributed by atoms with E-state index in [9.17, 15) is 22.5 Å². The van der Waals surface area contributed by atoms with Crippen LogP contribution in [0.4, 0.5) is 19.0 Å². The highest BCUT2D eigenvalue weighted by atomic mass is 31.2. The Morgan fingerprint density at radius 3 is 2.47 bits per heavy atom. The lowest BCUT2D eigenvalue weighted by molar-refractivity contribution is -0.138. The molecular formula is C26H31F3N5O3P. The Hall–Kier alpha value is -3.04. The number of aromatic nitrogens is 3. The minimum atomic E-state index is -4.46. The summed E-state index contributed by atoms with van der Waals surface area (Å²) in [5.41, 5.74) is 1.38.